The van der Waals surface area contributed by atoms with E-state index in [0.717, 1.165) is 36.6 Å². The highest BCUT2D eigenvalue weighted by Gasteiger charge is 2.33. The van der Waals surface area contributed by atoms with Gasteiger partial charge in [0, 0.05) is 12.0 Å². The zero-order chi connectivity index (χ0) is 12.6. The van der Waals surface area contributed by atoms with Crippen molar-refractivity contribution in [3.05, 3.63) is 30.1 Å². The number of ether oxygens (including phenoxy) is 1. The zero-order valence-electron chi connectivity index (χ0n) is 10.9. The molecule has 3 rings (SSSR count). The minimum absolute atomic E-state index is 0.231. The largest absolute Gasteiger partial charge is 0.380 e. The highest BCUT2D eigenvalue weighted by Crippen LogP contribution is 2.26. The smallest absolute Gasteiger partial charge is 0.124 e. The van der Waals surface area contributed by atoms with Crippen LogP contribution >= 0.6 is 0 Å². The maximum Gasteiger partial charge on any atom is 0.124 e. The fourth-order valence-corrected chi connectivity index (χ4v) is 2.23. The first-order valence-electron chi connectivity index (χ1n) is 6.42. The Morgan fingerprint density at radius 1 is 1.44 bits per heavy atom. The molecule has 4 heteroatoms. The van der Waals surface area contributed by atoms with E-state index < -0.39 is 0 Å². The first-order chi connectivity index (χ1) is 8.66. The van der Waals surface area contributed by atoms with Crippen molar-refractivity contribution in [2.75, 3.05) is 19.8 Å². The van der Waals surface area contributed by atoms with E-state index in [1.54, 1.807) is 0 Å². The number of nitrogens with zero attached hydrogens (tertiary/aromatic N) is 1. The van der Waals surface area contributed by atoms with Crippen molar-refractivity contribution in [2.24, 2.45) is 5.41 Å². The van der Waals surface area contributed by atoms with Gasteiger partial charge in [0.1, 0.15) is 5.82 Å². The number of benzene rings is 1. The molecule has 1 aromatic carbocycles. The van der Waals surface area contributed by atoms with E-state index in [2.05, 4.69) is 35.2 Å². The molecular weight excluding hydrogens is 226 g/mol. The Morgan fingerprint density at radius 3 is 2.89 bits per heavy atom. The van der Waals surface area contributed by atoms with Gasteiger partial charge in [-0.05, 0) is 19.1 Å². The normalized spacial score (nSPS) is 19.7. The van der Waals surface area contributed by atoms with Crippen molar-refractivity contribution < 1.29 is 4.74 Å². The van der Waals surface area contributed by atoms with Gasteiger partial charge in [-0.15, -0.1) is 0 Å². The third-order valence-corrected chi connectivity index (χ3v) is 3.55. The minimum atomic E-state index is 0.231. The van der Waals surface area contributed by atoms with E-state index >= 15 is 0 Å². The molecule has 1 fully saturated rings. The van der Waals surface area contributed by atoms with Crippen LogP contribution < -0.4 is 5.32 Å². The molecule has 0 aliphatic carbocycles. The lowest BCUT2D eigenvalue weighted by Crippen LogP contribution is -2.47. The maximum absolute atomic E-state index is 5.26. The summed E-state index contributed by atoms with van der Waals surface area (Å²) in [6, 6.07) is 8.35. The monoisotopic (exact) mass is 245 g/mol. The molecule has 1 aliphatic rings. The van der Waals surface area contributed by atoms with Crippen LogP contribution in [-0.4, -0.2) is 29.7 Å². The van der Waals surface area contributed by atoms with Gasteiger partial charge in [0.25, 0.3) is 0 Å². The number of imidazole rings is 1. The Morgan fingerprint density at radius 2 is 2.22 bits per heavy atom. The fourth-order valence-electron chi connectivity index (χ4n) is 2.23. The van der Waals surface area contributed by atoms with Crippen molar-refractivity contribution in [3.63, 3.8) is 0 Å². The number of rotatable bonds is 4. The number of aromatic amines is 1. The van der Waals surface area contributed by atoms with Crippen molar-refractivity contribution in [1.82, 2.24) is 15.3 Å². The van der Waals surface area contributed by atoms with Gasteiger partial charge in [-0.3, -0.25) is 0 Å². The van der Waals surface area contributed by atoms with Crippen LogP contribution in [0.25, 0.3) is 11.0 Å². The average molecular weight is 245 g/mol. The second kappa shape index (κ2) is 4.37. The highest BCUT2D eigenvalue weighted by atomic mass is 16.5. The molecule has 2 heterocycles. The Kier molecular flexibility index (Phi) is 2.84. The van der Waals surface area contributed by atoms with E-state index in [0.29, 0.717) is 5.41 Å². The molecule has 0 spiro atoms. The predicted octanol–water partition coefficient (Wildman–Crippen LogP) is 2.25. The summed E-state index contributed by atoms with van der Waals surface area (Å²) in [5.74, 6) is 1.00. The molecule has 2 aromatic rings. The van der Waals surface area contributed by atoms with E-state index in [1.807, 2.05) is 18.2 Å². The molecule has 4 nitrogen and oxygen atoms in total. The third kappa shape index (κ3) is 2.13. The summed E-state index contributed by atoms with van der Waals surface area (Å²) < 4.78 is 5.26. The maximum atomic E-state index is 5.26. The topological polar surface area (TPSA) is 49.9 Å². The van der Waals surface area contributed by atoms with Gasteiger partial charge >= 0.3 is 0 Å². The van der Waals surface area contributed by atoms with Crippen LogP contribution in [0.5, 0.6) is 0 Å². The van der Waals surface area contributed by atoms with Gasteiger partial charge in [-0.1, -0.05) is 19.1 Å². The number of hydrogen-bond acceptors (Lipinski definition) is 3. The summed E-state index contributed by atoms with van der Waals surface area (Å²) in [5, 5.41) is 3.53. The molecule has 0 bridgehead atoms. The first kappa shape index (κ1) is 11.7. The molecule has 1 aromatic heterocycles. The quantitative estimate of drug-likeness (QED) is 0.868. The summed E-state index contributed by atoms with van der Waals surface area (Å²) in [6.45, 7) is 7.06. The Labute approximate surface area is 107 Å². The Balaban J connectivity index is 1.69. The van der Waals surface area contributed by atoms with E-state index in [4.69, 9.17) is 4.74 Å². The molecule has 0 radical (unpaired) electrons. The van der Waals surface area contributed by atoms with Crippen LogP contribution in [0.15, 0.2) is 24.3 Å². The number of aromatic nitrogens is 2. The van der Waals surface area contributed by atoms with Crippen molar-refractivity contribution in [1.29, 1.82) is 0 Å². The summed E-state index contributed by atoms with van der Waals surface area (Å²) in [5.41, 5.74) is 2.42. The Bertz CT molecular complexity index is 512. The molecular formula is C14H19N3O. The van der Waals surface area contributed by atoms with Crippen LogP contribution in [0.4, 0.5) is 0 Å². The summed E-state index contributed by atoms with van der Waals surface area (Å²) in [7, 11) is 0. The van der Waals surface area contributed by atoms with E-state index in [9.17, 15) is 0 Å². The van der Waals surface area contributed by atoms with Gasteiger partial charge in [-0.25, -0.2) is 4.98 Å². The van der Waals surface area contributed by atoms with Gasteiger partial charge in [0.15, 0.2) is 0 Å². The van der Waals surface area contributed by atoms with Crippen LogP contribution in [0.2, 0.25) is 0 Å². The van der Waals surface area contributed by atoms with Crippen molar-refractivity contribution in [2.45, 2.75) is 19.9 Å². The lowest BCUT2D eigenvalue weighted by Gasteiger charge is -2.38. The average Bonchev–Trinajstić information content (AvgIpc) is 2.77. The second-order valence-corrected chi connectivity index (χ2v) is 5.55. The SMILES string of the molecule is CC(NCC1(C)COC1)c1nc2ccccc2[nH]1. The van der Waals surface area contributed by atoms with Crippen molar-refractivity contribution in [3.8, 4) is 0 Å². The number of hydrogen-bond donors (Lipinski definition) is 2. The van der Waals surface area contributed by atoms with Crippen LogP contribution in [0, 0.1) is 5.41 Å². The highest BCUT2D eigenvalue weighted by molar-refractivity contribution is 5.74. The Hall–Kier alpha value is -1.39. The summed E-state index contributed by atoms with van der Waals surface area (Å²) in [6.07, 6.45) is 0. The molecule has 1 unspecified atom stereocenters. The molecule has 96 valence electrons. The van der Waals surface area contributed by atoms with Gasteiger partial charge in [-0.2, -0.15) is 0 Å². The number of nitrogens with one attached hydrogen (secondary N) is 2. The molecule has 1 atom stereocenters. The van der Waals surface area contributed by atoms with Crippen LogP contribution in [-0.2, 0) is 4.74 Å². The standard InChI is InChI=1S/C14H19N3O/c1-10(15-7-14(2)8-18-9-14)13-16-11-5-3-4-6-12(11)17-13/h3-6,10,15H,7-9H2,1-2H3,(H,16,17). The van der Waals surface area contributed by atoms with Gasteiger partial charge < -0.3 is 15.0 Å². The first-order valence-corrected chi connectivity index (χ1v) is 6.42. The minimum Gasteiger partial charge on any atom is -0.380 e. The van der Waals surface area contributed by atoms with Gasteiger partial charge in [0.05, 0.1) is 30.3 Å². The summed E-state index contributed by atoms with van der Waals surface area (Å²) >= 11 is 0. The van der Waals surface area contributed by atoms with Gasteiger partial charge in [0.2, 0.25) is 0 Å². The lowest BCUT2D eigenvalue weighted by atomic mass is 9.88. The lowest BCUT2D eigenvalue weighted by molar-refractivity contribution is -0.0999. The zero-order valence-corrected chi connectivity index (χ0v) is 10.9. The van der Waals surface area contributed by atoms with E-state index in [1.165, 1.54) is 0 Å². The molecule has 0 saturated carbocycles. The van der Waals surface area contributed by atoms with E-state index in [-0.39, 0.29) is 6.04 Å². The number of H-pyrrole nitrogens is 1. The van der Waals surface area contributed by atoms with Crippen molar-refractivity contribution >= 4 is 11.0 Å². The summed E-state index contributed by atoms with van der Waals surface area (Å²) in [4.78, 5) is 7.97. The number of fused-ring (bicyclic) bond motifs is 1. The predicted molar refractivity (Wildman–Crippen MR) is 71.4 cm³/mol. The molecule has 0 amide bonds. The van der Waals surface area contributed by atoms with Crippen LogP contribution in [0.3, 0.4) is 0 Å². The molecule has 18 heavy (non-hydrogen) atoms. The molecule has 1 saturated heterocycles. The van der Waals surface area contributed by atoms with Crippen LogP contribution in [0.1, 0.15) is 25.7 Å². The fraction of sp³-hybridized carbons (Fsp3) is 0.500. The third-order valence-electron chi connectivity index (χ3n) is 3.55. The molecule has 2 N–H and O–H groups in total. The molecule has 1 aliphatic heterocycles. The second-order valence-electron chi connectivity index (χ2n) is 5.55. The number of para-hydroxylation sites is 2.